The van der Waals surface area contributed by atoms with Gasteiger partial charge in [-0.15, -0.1) is 0 Å². The summed E-state index contributed by atoms with van der Waals surface area (Å²) in [6, 6.07) is 14.7. The Hall–Kier alpha value is -2.85. The predicted octanol–water partition coefficient (Wildman–Crippen LogP) is 6.31. The molecule has 3 aromatic carbocycles. The first-order valence-corrected chi connectivity index (χ1v) is 15.1. The number of nitrogens with zero attached hydrogens (tertiary/aromatic N) is 2. The van der Waals surface area contributed by atoms with Gasteiger partial charge < -0.3 is 10.2 Å². The van der Waals surface area contributed by atoms with E-state index < -0.39 is 40.2 Å². The van der Waals surface area contributed by atoms with Crippen molar-refractivity contribution in [2.45, 2.75) is 44.2 Å². The molecule has 40 heavy (non-hydrogen) atoms. The minimum absolute atomic E-state index is 0.0156. The summed E-state index contributed by atoms with van der Waals surface area (Å²) in [5.74, 6) is -1.82. The van der Waals surface area contributed by atoms with Crippen LogP contribution in [0.5, 0.6) is 0 Å². The first kappa shape index (κ1) is 31.7. The summed E-state index contributed by atoms with van der Waals surface area (Å²) in [4.78, 5) is 28.0. The van der Waals surface area contributed by atoms with E-state index in [2.05, 4.69) is 5.32 Å². The maximum atomic E-state index is 14.0. The van der Waals surface area contributed by atoms with Crippen LogP contribution in [0.3, 0.4) is 0 Å². The molecule has 0 unspecified atom stereocenters. The second kappa shape index (κ2) is 14.2. The fraction of sp³-hybridized carbons (Fsp3) is 0.286. The highest BCUT2D eigenvalue weighted by atomic mass is 35.5. The molecule has 0 bridgehead atoms. The standard InChI is InChI=1S/C28H29Cl3FN3O4S/c1-3-4-14-33-28(37)19(2)34(17-20-10-12-23(29)24(30)15-20)27(36)18-35(21-11-13-26(32)25(31)16-21)40(38,39)22-8-6-5-7-9-22/h5-13,15-16,19H,3-4,14,17-18H2,1-2H3,(H,33,37)/t19-/m0/s1. The van der Waals surface area contributed by atoms with Crippen LogP contribution in [0, 0.1) is 5.82 Å². The lowest BCUT2D eigenvalue weighted by molar-refractivity contribution is -0.139. The van der Waals surface area contributed by atoms with Gasteiger partial charge in [0.25, 0.3) is 10.0 Å². The lowest BCUT2D eigenvalue weighted by Crippen LogP contribution is -2.51. The van der Waals surface area contributed by atoms with Gasteiger partial charge in [-0.2, -0.15) is 0 Å². The van der Waals surface area contributed by atoms with Crippen LogP contribution in [0.1, 0.15) is 32.3 Å². The molecule has 214 valence electrons. The van der Waals surface area contributed by atoms with Gasteiger partial charge in [0.15, 0.2) is 0 Å². The van der Waals surface area contributed by atoms with E-state index in [4.69, 9.17) is 34.8 Å². The molecule has 1 atom stereocenters. The van der Waals surface area contributed by atoms with Crippen LogP contribution in [0.15, 0.2) is 71.6 Å². The highest BCUT2D eigenvalue weighted by Crippen LogP contribution is 2.29. The number of hydrogen-bond acceptors (Lipinski definition) is 4. The molecule has 0 heterocycles. The summed E-state index contributed by atoms with van der Waals surface area (Å²) >= 11 is 18.2. The third-order valence-corrected chi connectivity index (χ3v) is 8.95. The molecule has 3 rings (SSSR count). The van der Waals surface area contributed by atoms with Gasteiger partial charge in [-0.3, -0.25) is 13.9 Å². The van der Waals surface area contributed by atoms with E-state index in [-0.39, 0.29) is 27.2 Å². The number of nitrogens with one attached hydrogen (secondary N) is 1. The monoisotopic (exact) mass is 627 g/mol. The highest BCUT2D eigenvalue weighted by Gasteiger charge is 2.32. The van der Waals surface area contributed by atoms with Gasteiger partial charge in [-0.25, -0.2) is 12.8 Å². The first-order valence-electron chi connectivity index (χ1n) is 12.5. The Bertz CT molecular complexity index is 1460. The molecule has 0 aliphatic heterocycles. The second-order valence-corrected chi connectivity index (χ2v) is 12.1. The van der Waals surface area contributed by atoms with Crippen LogP contribution in [0.4, 0.5) is 10.1 Å². The first-order chi connectivity index (χ1) is 18.9. The lowest BCUT2D eigenvalue weighted by Gasteiger charge is -2.32. The largest absolute Gasteiger partial charge is 0.354 e. The van der Waals surface area contributed by atoms with Gasteiger partial charge in [-0.1, -0.05) is 72.4 Å². The highest BCUT2D eigenvalue weighted by molar-refractivity contribution is 7.92. The van der Waals surface area contributed by atoms with E-state index >= 15 is 0 Å². The smallest absolute Gasteiger partial charge is 0.264 e. The Morgan fingerprint density at radius 1 is 0.950 bits per heavy atom. The van der Waals surface area contributed by atoms with Crippen LogP contribution in [-0.4, -0.2) is 44.3 Å². The molecule has 0 aliphatic carbocycles. The van der Waals surface area contributed by atoms with Crippen molar-refractivity contribution < 1.29 is 22.4 Å². The second-order valence-electron chi connectivity index (χ2n) is 9.01. The van der Waals surface area contributed by atoms with Crippen LogP contribution in [0.2, 0.25) is 15.1 Å². The minimum atomic E-state index is -4.30. The number of benzene rings is 3. The average Bonchev–Trinajstić information content (AvgIpc) is 2.93. The fourth-order valence-electron chi connectivity index (χ4n) is 3.84. The van der Waals surface area contributed by atoms with Crippen molar-refractivity contribution in [3.05, 3.63) is 93.2 Å². The van der Waals surface area contributed by atoms with Crippen LogP contribution in [0.25, 0.3) is 0 Å². The number of anilines is 1. The molecule has 1 N–H and O–H groups in total. The van der Waals surface area contributed by atoms with Gasteiger partial charge in [0, 0.05) is 13.1 Å². The summed E-state index contributed by atoms with van der Waals surface area (Å²) < 4.78 is 42.2. The Morgan fingerprint density at radius 2 is 1.65 bits per heavy atom. The van der Waals surface area contributed by atoms with Crippen LogP contribution in [-0.2, 0) is 26.2 Å². The zero-order valence-corrected chi connectivity index (χ0v) is 25.0. The quantitative estimate of drug-likeness (QED) is 0.238. The van der Waals surface area contributed by atoms with E-state index in [0.29, 0.717) is 17.1 Å². The molecule has 2 amide bonds. The molecule has 12 heteroatoms. The van der Waals surface area contributed by atoms with Crippen molar-refractivity contribution in [1.82, 2.24) is 10.2 Å². The number of halogens is 4. The third kappa shape index (κ3) is 7.87. The summed E-state index contributed by atoms with van der Waals surface area (Å²) in [6.45, 7) is 3.23. The SMILES string of the molecule is CCCCNC(=O)[C@H](C)N(Cc1ccc(Cl)c(Cl)c1)C(=O)CN(c1ccc(F)c(Cl)c1)S(=O)(=O)c1ccccc1. The van der Waals surface area contributed by atoms with Gasteiger partial charge in [0.2, 0.25) is 11.8 Å². The summed E-state index contributed by atoms with van der Waals surface area (Å²) in [5.41, 5.74) is 0.566. The van der Waals surface area contributed by atoms with Crippen molar-refractivity contribution in [2.24, 2.45) is 0 Å². The minimum Gasteiger partial charge on any atom is -0.354 e. The Balaban J connectivity index is 2.02. The number of hydrogen-bond donors (Lipinski definition) is 1. The van der Waals surface area contributed by atoms with Crippen molar-refractivity contribution >= 4 is 62.3 Å². The number of unbranched alkanes of at least 4 members (excludes halogenated alkanes) is 1. The van der Waals surface area contributed by atoms with E-state index in [1.807, 2.05) is 6.92 Å². The number of carbonyl (C=O) groups is 2. The maximum absolute atomic E-state index is 14.0. The van der Waals surface area contributed by atoms with Crippen molar-refractivity contribution in [1.29, 1.82) is 0 Å². The topological polar surface area (TPSA) is 86.8 Å². The molecule has 0 saturated heterocycles. The van der Waals surface area contributed by atoms with E-state index in [0.717, 1.165) is 29.3 Å². The van der Waals surface area contributed by atoms with Gasteiger partial charge in [-0.05, 0) is 61.4 Å². The Labute approximate surface area is 248 Å². The zero-order chi connectivity index (χ0) is 29.4. The molecular formula is C28H29Cl3FN3O4S. The summed E-state index contributed by atoms with van der Waals surface area (Å²) in [6.07, 6.45) is 1.63. The third-order valence-electron chi connectivity index (χ3n) is 6.14. The van der Waals surface area contributed by atoms with Crippen LogP contribution >= 0.6 is 34.8 Å². The molecular weight excluding hydrogens is 600 g/mol. The normalized spacial score (nSPS) is 12.1. The summed E-state index contributed by atoms with van der Waals surface area (Å²) in [5, 5.41) is 3.08. The van der Waals surface area contributed by atoms with E-state index in [9.17, 15) is 22.4 Å². The molecule has 0 saturated carbocycles. The average molecular weight is 629 g/mol. The molecule has 0 spiro atoms. The van der Waals surface area contributed by atoms with Crippen LogP contribution < -0.4 is 9.62 Å². The lowest BCUT2D eigenvalue weighted by atomic mass is 10.1. The molecule has 3 aromatic rings. The Morgan fingerprint density at radius 3 is 2.27 bits per heavy atom. The van der Waals surface area contributed by atoms with Gasteiger partial charge >= 0.3 is 0 Å². The van der Waals surface area contributed by atoms with Crippen molar-refractivity contribution in [3.63, 3.8) is 0 Å². The molecule has 0 aromatic heterocycles. The molecule has 0 aliphatic rings. The van der Waals surface area contributed by atoms with E-state index in [1.165, 1.54) is 23.1 Å². The van der Waals surface area contributed by atoms with Gasteiger partial charge in [0.05, 0.1) is 25.7 Å². The Kier molecular flexibility index (Phi) is 11.2. The number of rotatable bonds is 12. The summed E-state index contributed by atoms with van der Waals surface area (Å²) in [7, 11) is -4.30. The van der Waals surface area contributed by atoms with E-state index in [1.54, 1.807) is 43.3 Å². The molecule has 0 radical (unpaired) electrons. The maximum Gasteiger partial charge on any atom is 0.264 e. The number of amides is 2. The van der Waals surface area contributed by atoms with Crippen molar-refractivity contribution in [2.75, 3.05) is 17.4 Å². The van der Waals surface area contributed by atoms with Crippen molar-refractivity contribution in [3.8, 4) is 0 Å². The number of sulfonamides is 1. The number of carbonyl (C=O) groups excluding carboxylic acids is 2. The predicted molar refractivity (Wildman–Crippen MR) is 157 cm³/mol. The zero-order valence-electron chi connectivity index (χ0n) is 21.9. The fourth-order valence-corrected chi connectivity index (χ4v) is 5.76. The van der Waals surface area contributed by atoms with Gasteiger partial charge in [0.1, 0.15) is 18.4 Å². The molecule has 0 fully saturated rings. The molecule has 7 nitrogen and oxygen atoms in total.